The summed E-state index contributed by atoms with van der Waals surface area (Å²) in [4.78, 5) is 30.7. The number of alkyl halides is 3. The van der Waals surface area contributed by atoms with E-state index in [0.717, 1.165) is 30.3 Å². The summed E-state index contributed by atoms with van der Waals surface area (Å²) >= 11 is 0. The van der Waals surface area contributed by atoms with E-state index in [1.165, 1.54) is 12.1 Å². The Bertz CT molecular complexity index is 1760. The van der Waals surface area contributed by atoms with Crippen LogP contribution in [0.25, 0.3) is 22.5 Å². The molecule has 0 spiro atoms. The molecule has 0 bridgehead atoms. The normalized spacial score (nSPS) is 17.1. The third-order valence-corrected chi connectivity index (χ3v) is 8.62. The number of anilines is 2. The highest BCUT2D eigenvalue weighted by molar-refractivity contribution is 6.26. The van der Waals surface area contributed by atoms with Crippen LogP contribution in [0.1, 0.15) is 27.0 Å². The monoisotopic (exact) mass is 631 g/mol. The first kappa shape index (κ1) is 30.0. The summed E-state index contributed by atoms with van der Waals surface area (Å²) in [7, 11) is 0. The van der Waals surface area contributed by atoms with Gasteiger partial charge in [-0.25, -0.2) is 9.80 Å². The predicted molar refractivity (Wildman–Crippen MR) is 166 cm³/mol. The Labute approximate surface area is 263 Å². The van der Waals surface area contributed by atoms with Crippen LogP contribution < -0.4 is 15.6 Å². The third-order valence-electron chi connectivity index (χ3n) is 8.62. The summed E-state index contributed by atoms with van der Waals surface area (Å²) in [6.07, 6.45) is -4.36. The molecule has 3 aliphatic rings. The maximum atomic E-state index is 13.7. The number of carbonyl (C=O) groups excluding carboxylic acids is 2. The lowest BCUT2D eigenvalue weighted by molar-refractivity contribution is -0.137. The molecule has 2 aliphatic heterocycles. The average molecular weight is 632 g/mol. The van der Waals surface area contributed by atoms with E-state index in [0.29, 0.717) is 85.4 Å². The zero-order chi connectivity index (χ0) is 31.8. The molecule has 3 N–H and O–H groups in total. The van der Waals surface area contributed by atoms with E-state index in [9.17, 15) is 22.8 Å². The molecule has 4 aromatic rings. The van der Waals surface area contributed by atoms with Crippen molar-refractivity contribution in [1.29, 1.82) is 0 Å². The van der Waals surface area contributed by atoms with Gasteiger partial charge in [-0.15, -0.1) is 0 Å². The number of H-pyrrole nitrogens is 1. The minimum atomic E-state index is -4.36. The standard InChI is InChI=1S/C33H32F3N7O3/c34-33(35,36)23-3-1-4-24(19-23)42-13-11-41(12-14-42)20-21-7-9-22(10-8-21)29-28-30(39-38-29)25-5-2-6-26(27(25)31(28)44)37-32(45)40-43-15-17-46-18-16-43/h1-10,19H,11-18,20H2,(H,38,39)(H2,37,40,45). The average Bonchev–Trinajstić information content (AvgIpc) is 3.62. The third kappa shape index (κ3) is 5.96. The molecule has 7 rings (SSSR count). The van der Waals surface area contributed by atoms with Crippen molar-refractivity contribution in [3.63, 3.8) is 0 Å². The van der Waals surface area contributed by atoms with Gasteiger partial charge in [0.2, 0.25) is 0 Å². The van der Waals surface area contributed by atoms with Crippen LogP contribution >= 0.6 is 0 Å². The van der Waals surface area contributed by atoms with Crippen molar-refractivity contribution in [2.24, 2.45) is 0 Å². The van der Waals surface area contributed by atoms with E-state index in [-0.39, 0.29) is 5.78 Å². The summed E-state index contributed by atoms with van der Waals surface area (Å²) in [5, 5.41) is 12.1. The minimum absolute atomic E-state index is 0.209. The van der Waals surface area contributed by atoms with Gasteiger partial charge in [-0.05, 0) is 29.8 Å². The predicted octanol–water partition coefficient (Wildman–Crippen LogP) is 5.00. The fraction of sp³-hybridized carbons (Fsp3) is 0.303. The minimum Gasteiger partial charge on any atom is -0.379 e. The summed E-state index contributed by atoms with van der Waals surface area (Å²) < 4.78 is 44.8. The highest BCUT2D eigenvalue weighted by atomic mass is 19.4. The second kappa shape index (κ2) is 12.2. The van der Waals surface area contributed by atoms with E-state index < -0.39 is 17.8 Å². The number of fused-ring (bicyclic) bond motifs is 3. The molecule has 0 saturated carbocycles. The van der Waals surface area contributed by atoms with Crippen LogP contribution in [0.15, 0.2) is 66.7 Å². The van der Waals surface area contributed by atoms with Crippen LogP contribution in [0, 0.1) is 0 Å². The van der Waals surface area contributed by atoms with Crippen molar-refractivity contribution >= 4 is 23.2 Å². The van der Waals surface area contributed by atoms with Crippen molar-refractivity contribution in [3.8, 4) is 22.5 Å². The lowest BCUT2D eigenvalue weighted by atomic mass is 10.0. The number of ether oxygens (including phenoxy) is 1. The largest absolute Gasteiger partial charge is 0.416 e. The Morgan fingerprint density at radius 1 is 0.913 bits per heavy atom. The molecule has 0 atom stereocenters. The lowest BCUT2D eigenvalue weighted by Gasteiger charge is -2.36. The smallest absolute Gasteiger partial charge is 0.379 e. The lowest BCUT2D eigenvalue weighted by Crippen LogP contribution is -2.49. The molecule has 46 heavy (non-hydrogen) atoms. The number of aromatic amines is 1. The van der Waals surface area contributed by atoms with Gasteiger partial charge in [0.05, 0.1) is 41.3 Å². The Hall–Kier alpha value is -4.72. The van der Waals surface area contributed by atoms with Crippen LogP contribution in [0.2, 0.25) is 0 Å². The summed E-state index contributed by atoms with van der Waals surface area (Å²) in [5.74, 6) is -0.209. The number of urea groups is 1. The van der Waals surface area contributed by atoms with E-state index in [1.807, 2.05) is 35.2 Å². The van der Waals surface area contributed by atoms with Gasteiger partial charge in [0.1, 0.15) is 5.69 Å². The molecule has 0 unspecified atom stereocenters. The van der Waals surface area contributed by atoms with Crippen LogP contribution in [-0.4, -0.2) is 84.4 Å². The zero-order valence-electron chi connectivity index (χ0n) is 24.9. The number of aromatic nitrogens is 2. The van der Waals surface area contributed by atoms with E-state index in [2.05, 4.69) is 25.8 Å². The molecule has 2 saturated heterocycles. The van der Waals surface area contributed by atoms with Crippen molar-refractivity contribution in [2.45, 2.75) is 12.7 Å². The van der Waals surface area contributed by atoms with Gasteiger partial charge in [-0.3, -0.25) is 20.2 Å². The first-order valence-electron chi connectivity index (χ1n) is 15.2. The maximum absolute atomic E-state index is 13.7. The van der Waals surface area contributed by atoms with Crippen LogP contribution in [0.4, 0.5) is 29.3 Å². The first-order valence-corrected chi connectivity index (χ1v) is 15.2. The Morgan fingerprint density at radius 3 is 2.39 bits per heavy atom. The van der Waals surface area contributed by atoms with Gasteiger partial charge < -0.3 is 15.0 Å². The second-order valence-electron chi connectivity index (χ2n) is 11.6. The molecule has 3 heterocycles. The molecule has 1 aliphatic carbocycles. The molecule has 2 fully saturated rings. The van der Waals surface area contributed by atoms with Crippen molar-refractivity contribution < 1.29 is 27.5 Å². The number of hydrogen-bond donors (Lipinski definition) is 3. The number of ketones is 1. The molecule has 2 amide bonds. The van der Waals surface area contributed by atoms with E-state index in [1.54, 1.807) is 23.2 Å². The number of halogens is 3. The van der Waals surface area contributed by atoms with Gasteiger partial charge in [0.25, 0.3) is 0 Å². The van der Waals surface area contributed by atoms with Crippen molar-refractivity contribution in [1.82, 2.24) is 25.5 Å². The fourth-order valence-corrected chi connectivity index (χ4v) is 6.24. The number of piperazine rings is 1. The number of hydrogen-bond acceptors (Lipinski definition) is 7. The topological polar surface area (TPSA) is 106 Å². The number of rotatable bonds is 6. The molecule has 0 radical (unpaired) electrons. The van der Waals surface area contributed by atoms with Gasteiger partial charge in [-0.1, -0.05) is 42.5 Å². The Morgan fingerprint density at radius 2 is 1.65 bits per heavy atom. The number of nitrogens with one attached hydrogen (secondary N) is 3. The Balaban J connectivity index is 0.999. The molecule has 238 valence electrons. The highest BCUT2D eigenvalue weighted by Crippen LogP contribution is 2.43. The molecular weight excluding hydrogens is 599 g/mol. The summed E-state index contributed by atoms with van der Waals surface area (Å²) in [5.41, 5.74) is 7.78. The first-order chi connectivity index (χ1) is 22.2. The van der Waals surface area contributed by atoms with E-state index >= 15 is 0 Å². The SMILES string of the molecule is O=C(Nc1cccc2c1C(=O)c1c(-c3ccc(CN4CCN(c5cccc(C(F)(F)F)c5)CC4)cc3)n[nH]c1-2)NN1CCOCC1. The van der Waals surface area contributed by atoms with Gasteiger partial charge in [-0.2, -0.15) is 18.3 Å². The number of morpholine rings is 1. The second-order valence-corrected chi connectivity index (χ2v) is 11.6. The number of hydrazine groups is 1. The van der Waals surface area contributed by atoms with Gasteiger partial charge in [0.15, 0.2) is 5.78 Å². The van der Waals surface area contributed by atoms with Crippen LogP contribution in [-0.2, 0) is 17.5 Å². The number of amides is 2. The van der Waals surface area contributed by atoms with Crippen LogP contribution in [0.3, 0.4) is 0 Å². The van der Waals surface area contributed by atoms with Gasteiger partial charge in [0, 0.05) is 62.6 Å². The zero-order valence-corrected chi connectivity index (χ0v) is 24.9. The van der Waals surface area contributed by atoms with E-state index in [4.69, 9.17) is 4.74 Å². The molecule has 1 aromatic heterocycles. The molecule has 13 heteroatoms. The summed E-state index contributed by atoms with van der Waals surface area (Å²) in [6.45, 7) is 5.64. The Kier molecular flexibility index (Phi) is 7.97. The number of nitrogens with zero attached hydrogens (tertiary/aromatic N) is 4. The maximum Gasteiger partial charge on any atom is 0.416 e. The number of benzene rings is 3. The highest BCUT2D eigenvalue weighted by Gasteiger charge is 2.35. The molecular formula is C33H32F3N7O3. The summed E-state index contributed by atoms with van der Waals surface area (Å²) in [6, 6.07) is 18.3. The molecule has 3 aromatic carbocycles. The number of carbonyl (C=O) groups is 2. The molecule has 10 nitrogen and oxygen atoms in total. The van der Waals surface area contributed by atoms with Crippen LogP contribution in [0.5, 0.6) is 0 Å². The quantitative estimate of drug-likeness (QED) is 0.242. The van der Waals surface area contributed by atoms with Gasteiger partial charge >= 0.3 is 12.2 Å². The van der Waals surface area contributed by atoms with Crippen molar-refractivity contribution in [2.75, 3.05) is 62.7 Å². The van der Waals surface area contributed by atoms with Crippen molar-refractivity contribution in [3.05, 3.63) is 89.0 Å². The fourth-order valence-electron chi connectivity index (χ4n) is 6.24.